The number of hydrogen-bond donors (Lipinski definition) is 1. The van der Waals surface area contributed by atoms with Crippen LogP contribution in [0.15, 0.2) is 60.9 Å². The van der Waals surface area contributed by atoms with Crippen LogP contribution in [-0.2, 0) is 22.5 Å². The molecule has 0 bridgehead atoms. The van der Waals surface area contributed by atoms with Crippen molar-refractivity contribution >= 4 is 28.0 Å². The van der Waals surface area contributed by atoms with E-state index in [1.54, 1.807) is 12.4 Å². The van der Waals surface area contributed by atoms with Gasteiger partial charge < -0.3 is 19.1 Å². The lowest BCUT2D eigenvalue weighted by Crippen LogP contribution is -2.26. The van der Waals surface area contributed by atoms with Crippen LogP contribution in [0.5, 0.6) is 5.75 Å². The van der Waals surface area contributed by atoms with E-state index in [0.29, 0.717) is 26.2 Å². The third-order valence-corrected chi connectivity index (χ3v) is 5.10. The number of ether oxygens (including phenoxy) is 2. The fourth-order valence-electron chi connectivity index (χ4n) is 3.62. The summed E-state index contributed by atoms with van der Waals surface area (Å²) in [6, 6.07) is 15.4. The standard InChI is InChI=1S/C24H25N3O4/c1-2-14-31-21(24(28)29)16-17-7-9-18(10-8-17)30-15-13-27-22-19(5-3-11-25-22)20-6-4-12-26-23(20)27/h3-12,21H,2,13-16H2,1H3,(H,28,29). The van der Waals surface area contributed by atoms with Crippen LogP contribution < -0.4 is 4.74 Å². The van der Waals surface area contributed by atoms with Gasteiger partial charge in [-0.15, -0.1) is 0 Å². The lowest BCUT2D eigenvalue weighted by molar-refractivity contribution is -0.150. The zero-order chi connectivity index (χ0) is 21.6. The van der Waals surface area contributed by atoms with Gasteiger partial charge in [0.2, 0.25) is 0 Å². The Morgan fingerprint density at radius 3 is 2.23 bits per heavy atom. The summed E-state index contributed by atoms with van der Waals surface area (Å²) in [5.74, 6) is -0.214. The van der Waals surface area contributed by atoms with Crippen LogP contribution in [0.3, 0.4) is 0 Å². The first-order valence-electron chi connectivity index (χ1n) is 10.4. The smallest absolute Gasteiger partial charge is 0.333 e. The molecule has 7 nitrogen and oxygen atoms in total. The summed E-state index contributed by atoms with van der Waals surface area (Å²) in [6.07, 6.45) is 3.85. The van der Waals surface area contributed by atoms with Gasteiger partial charge in [0.15, 0.2) is 6.10 Å². The molecule has 3 aromatic heterocycles. The number of rotatable bonds is 10. The molecule has 1 atom stereocenters. The Bertz CT molecular complexity index is 1120. The van der Waals surface area contributed by atoms with Crippen LogP contribution in [-0.4, -0.2) is 44.9 Å². The van der Waals surface area contributed by atoms with Crippen molar-refractivity contribution in [2.45, 2.75) is 32.4 Å². The average Bonchev–Trinajstić information content (AvgIpc) is 3.11. The SMILES string of the molecule is CCCOC(Cc1ccc(OCCn2c3ncccc3c3cccnc32)cc1)C(=O)O. The van der Waals surface area contributed by atoms with Crippen molar-refractivity contribution in [1.82, 2.24) is 14.5 Å². The second kappa shape index (κ2) is 9.57. The van der Waals surface area contributed by atoms with Crippen molar-refractivity contribution in [3.8, 4) is 5.75 Å². The van der Waals surface area contributed by atoms with Crippen molar-refractivity contribution < 1.29 is 19.4 Å². The van der Waals surface area contributed by atoms with E-state index < -0.39 is 12.1 Å². The predicted octanol–water partition coefficient (Wildman–Crippen LogP) is 4.09. The van der Waals surface area contributed by atoms with Crippen molar-refractivity contribution in [2.75, 3.05) is 13.2 Å². The summed E-state index contributed by atoms with van der Waals surface area (Å²) in [6.45, 7) is 3.46. The molecule has 0 aliphatic carbocycles. The van der Waals surface area contributed by atoms with E-state index in [9.17, 15) is 9.90 Å². The largest absolute Gasteiger partial charge is 0.492 e. The predicted molar refractivity (Wildman–Crippen MR) is 118 cm³/mol. The number of nitrogens with zero attached hydrogens (tertiary/aromatic N) is 3. The van der Waals surface area contributed by atoms with Crippen molar-refractivity contribution in [3.05, 3.63) is 66.5 Å². The third kappa shape index (κ3) is 4.67. The van der Waals surface area contributed by atoms with Crippen LogP contribution in [0.4, 0.5) is 0 Å². The molecule has 0 fully saturated rings. The molecular formula is C24H25N3O4. The molecule has 0 spiro atoms. The maximum absolute atomic E-state index is 11.4. The minimum absolute atomic E-state index is 0.328. The second-order valence-corrected chi connectivity index (χ2v) is 7.29. The quantitative estimate of drug-likeness (QED) is 0.417. The molecule has 1 aromatic carbocycles. The Hall–Kier alpha value is -3.45. The number of aliphatic carboxylic acids is 1. The maximum atomic E-state index is 11.4. The summed E-state index contributed by atoms with van der Waals surface area (Å²) in [4.78, 5) is 20.4. The summed E-state index contributed by atoms with van der Waals surface area (Å²) >= 11 is 0. The Labute approximate surface area is 180 Å². The third-order valence-electron chi connectivity index (χ3n) is 5.10. The molecule has 0 saturated carbocycles. The number of carboxylic acids is 1. The lowest BCUT2D eigenvalue weighted by atomic mass is 10.1. The normalized spacial score (nSPS) is 12.3. The summed E-state index contributed by atoms with van der Waals surface area (Å²) in [5.41, 5.74) is 2.68. The molecule has 0 aliphatic heterocycles. The summed E-state index contributed by atoms with van der Waals surface area (Å²) < 4.78 is 13.4. The van der Waals surface area contributed by atoms with Gasteiger partial charge in [0, 0.05) is 36.2 Å². The van der Waals surface area contributed by atoms with Gasteiger partial charge >= 0.3 is 5.97 Å². The second-order valence-electron chi connectivity index (χ2n) is 7.29. The van der Waals surface area contributed by atoms with Crippen LogP contribution in [0, 0.1) is 0 Å². The molecule has 1 unspecified atom stereocenters. The van der Waals surface area contributed by atoms with Gasteiger partial charge in [0.25, 0.3) is 0 Å². The van der Waals surface area contributed by atoms with E-state index >= 15 is 0 Å². The molecular weight excluding hydrogens is 394 g/mol. The van der Waals surface area contributed by atoms with Crippen molar-refractivity contribution in [3.63, 3.8) is 0 Å². The zero-order valence-corrected chi connectivity index (χ0v) is 17.4. The minimum Gasteiger partial charge on any atom is -0.492 e. The number of carboxylic acid groups (broad SMARTS) is 1. The molecule has 7 heteroatoms. The van der Waals surface area contributed by atoms with Gasteiger partial charge in [-0.25, -0.2) is 14.8 Å². The Kier molecular flexibility index (Phi) is 6.43. The van der Waals surface area contributed by atoms with Crippen LogP contribution in [0.25, 0.3) is 22.1 Å². The Morgan fingerprint density at radius 2 is 1.65 bits per heavy atom. The number of fused-ring (bicyclic) bond motifs is 3. The van der Waals surface area contributed by atoms with Crippen LogP contribution >= 0.6 is 0 Å². The zero-order valence-electron chi connectivity index (χ0n) is 17.4. The van der Waals surface area contributed by atoms with Crippen molar-refractivity contribution in [1.29, 1.82) is 0 Å². The minimum atomic E-state index is -0.942. The molecule has 31 heavy (non-hydrogen) atoms. The van der Waals surface area contributed by atoms with Gasteiger partial charge in [0.05, 0.1) is 6.54 Å². The summed E-state index contributed by atoms with van der Waals surface area (Å²) in [5, 5.41) is 11.5. The first-order chi connectivity index (χ1) is 15.2. The first-order valence-corrected chi connectivity index (χ1v) is 10.4. The van der Waals surface area contributed by atoms with Crippen LogP contribution in [0.1, 0.15) is 18.9 Å². The number of hydrogen-bond acceptors (Lipinski definition) is 5. The molecule has 1 N–H and O–H groups in total. The van der Waals surface area contributed by atoms with Gasteiger partial charge in [-0.1, -0.05) is 19.1 Å². The highest BCUT2D eigenvalue weighted by Gasteiger charge is 2.18. The lowest BCUT2D eigenvalue weighted by Gasteiger charge is -2.14. The first kappa shape index (κ1) is 20.8. The molecule has 0 saturated heterocycles. The molecule has 4 aromatic rings. The molecule has 4 rings (SSSR count). The van der Waals surface area contributed by atoms with Gasteiger partial charge in [-0.2, -0.15) is 0 Å². The molecule has 160 valence electrons. The fraction of sp³-hybridized carbons (Fsp3) is 0.292. The van der Waals surface area contributed by atoms with E-state index in [-0.39, 0.29) is 0 Å². The fourth-order valence-corrected chi connectivity index (χ4v) is 3.62. The number of aromatic nitrogens is 3. The highest BCUT2D eigenvalue weighted by atomic mass is 16.5. The van der Waals surface area contributed by atoms with E-state index in [2.05, 4.69) is 26.7 Å². The van der Waals surface area contributed by atoms with E-state index in [1.807, 2.05) is 43.3 Å². The summed E-state index contributed by atoms with van der Waals surface area (Å²) in [7, 11) is 0. The van der Waals surface area contributed by atoms with Gasteiger partial charge in [-0.05, 0) is 48.4 Å². The monoisotopic (exact) mass is 419 g/mol. The molecule has 0 radical (unpaired) electrons. The Balaban J connectivity index is 1.41. The highest BCUT2D eigenvalue weighted by molar-refractivity contribution is 6.04. The van der Waals surface area contributed by atoms with Crippen molar-refractivity contribution in [2.24, 2.45) is 0 Å². The van der Waals surface area contributed by atoms with E-state index in [4.69, 9.17) is 9.47 Å². The van der Waals surface area contributed by atoms with Crippen LogP contribution in [0.2, 0.25) is 0 Å². The number of pyridine rings is 2. The van der Waals surface area contributed by atoms with Gasteiger partial charge in [0.1, 0.15) is 23.7 Å². The van der Waals surface area contributed by atoms with Gasteiger partial charge in [-0.3, -0.25) is 0 Å². The molecule has 3 heterocycles. The average molecular weight is 419 g/mol. The Morgan fingerprint density at radius 1 is 1.00 bits per heavy atom. The van der Waals surface area contributed by atoms with E-state index in [0.717, 1.165) is 39.8 Å². The topological polar surface area (TPSA) is 86.5 Å². The molecule has 0 amide bonds. The van der Waals surface area contributed by atoms with E-state index in [1.165, 1.54) is 0 Å². The number of carbonyl (C=O) groups is 1. The maximum Gasteiger partial charge on any atom is 0.333 e. The molecule has 0 aliphatic rings. The number of benzene rings is 1. The highest BCUT2D eigenvalue weighted by Crippen LogP contribution is 2.25.